The van der Waals surface area contributed by atoms with Crippen molar-refractivity contribution in [2.45, 2.75) is 24.7 Å². The van der Waals surface area contributed by atoms with Crippen molar-refractivity contribution in [3.63, 3.8) is 0 Å². The zero-order valence-electron chi connectivity index (χ0n) is 11.7. The molecule has 2 heterocycles. The molecule has 0 saturated carbocycles. The Bertz CT molecular complexity index is 666. The molecule has 3 aliphatic rings. The molecule has 4 rings (SSSR count). The Morgan fingerprint density at radius 2 is 1.64 bits per heavy atom. The highest BCUT2D eigenvalue weighted by Crippen LogP contribution is 2.50. The summed E-state index contributed by atoms with van der Waals surface area (Å²) in [5, 5.41) is 0. The summed E-state index contributed by atoms with van der Waals surface area (Å²) >= 11 is 0. The third-order valence-electron chi connectivity index (χ3n) is 4.84. The quantitative estimate of drug-likeness (QED) is 0.444. The third-order valence-corrected chi connectivity index (χ3v) is 4.84. The fourth-order valence-corrected chi connectivity index (χ4v) is 3.85. The van der Waals surface area contributed by atoms with Gasteiger partial charge in [0.1, 0.15) is 0 Å². The minimum Gasteiger partial charge on any atom is -0.392 e. The maximum absolute atomic E-state index is 12.0. The molecular weight excluding hydrogens is 288 g/mol. The van der Waals surface area contributed by atoms with Crippen molar-refractivity contribution < 1.29 is 28.9 Å². The Morgan fingerprint density at radius 1 is 0.864 bits per heavy atom. The van der Waals surface area contributed by atoms with E-state index in [-0.39, 0.29) is 11.8 Å². The summed E-state index contributed by atoms with van der Waals surface area (Å²) in [6.45, 7) is 0.340. The first-order valence-corrected chi connectivity index (χ1v) is 7.34. The number of rotatable bonds is 1. The Hall–Kier alpha value is -2.21. The summed E-state index contributed by atoms with van der Waals surface area (Å²) in [4.78, 5) is 45.4. The SMILES string of the molecule is O=C1OOCCC1C1CC2C(=O)OC(=O)C2c2ccccc21. The van der Waals surface area contributed by atoms with Gasteiger partial charge in [-0.05, 0) is 29.9 Å². The number of fused-ring (bicyclic) bond motifs is 3. The molecule has 2 fully saturated rings. The van der Waals surface area contributed by atoms with Crippen molar-refractivity contribution in [2.75, 3.05) is 6.61 Å². The van der Waals surface area contributed by atoms with E-state index < -0.39 is 29.7 Å². The van der Waals surface area contributed by atoms with Crippen molar-refractivity contribution in [2.24, 2.45) is 11.8 Å². The highest BCUT2D eigenvalue weighted by molar-refractivity contribution is 6.00. The van der Waals surface area contributed by atoms with Crippen molar-refractivity contribution >= 4 is 17.9 Å². The first-order chi connectivity index (χ1) is 10.7. The molecule has 0 aromatic heterocycles. The summed E-state index contributed by atoms with van der Waals surface area (Å²) in [5.74, 6) is -2.97. The summed E-state index contributed by atoms with van der Waals surface area (Å²) in [6, 6.07) is 7.45. The smallest absolute Gasteiger partial charge is 0.346 e. The van der Waals surface area contributed by atoms with Gasteiger partial charge in [-0.1, -0.05) is 24.3 Å². The van der Waals surface area contributed by atoms with Gasteiger partial charge in [0, 0.05) is 0 Å². The van der Waals surface area contributed by atoms with E-state index in [1.165, 1.54) is 0 Å². The normalized spacial score (nSPS) is 33.7. The topological polar surface area (TPSA) is 78.9 Å². The fraction of sp³-hybridized carbons (Fsp3) is 0.438. The van der Waals surface area contributed by atoms with Gasteiger partial charge in [0.15, 0.2) is 0 Å². The monoisotopic (exact) mass is 302 g/mol. The minimum atomic E-state index is -0.546. The average molecular weight is 302 g/mol. The van der Waals surface area contributed by atoms with Crippen LogP contribution in [0, 0.1) is 11.8 Å². The van der Waals surface area contributed by atoms with Gasteiger partial charge < -0.3 is 4.74 Å². The average Bonchev–Trinajstić information content (AvgIpc) is 2.82. The molecule has 0 spiro atoms. The van der Waals surface area contributed by atoms with Gasteiger partial charge in [-0.15, -0.1) is 0 Å². The van der Waals surface area contributed by atoms with Gasteiger partial charge in [0.25, 0.3) is 0 Å². The molecule has 6 nitrogen and oxygen atoms in total. The van der Waals surface area contributed by atoms with Crippen LogP contribution in [0.2, 0.25) is 0 Å². The zero-order valence-corrected chi connectivity index (χ0v) is 11.7. The molecule has 0 amide bonds. The van der Waals surface area contributed by atoms with Crippen molar-refractivity contribution in [1.29, 1.82) is 0 Å². The minimum absolute atomic E-state index is 0.160. The van der Waals surface area contributed by atoms with E-state index in [1.807, 2.05) is 24.3 Å². The van der Waals surface area contributed by atoms with Gasteiger partial charge in [-0.3, -0.25) is 14.5 Å². The van der Waals surface area contributed by atoms with E-state index in [1.54, 1.807) is 0 Å². The molecule has 0 bridgehead atoms. The molecule has 2 saturated heterocycles. The summed E-state index contributed by atoms with van der Waals surface area (Å²) in [5.41, 5.74) is 1.72. The number of carbonyl (C=O) groups excluding carboxylic acids is 3. The number of cyclic esters (lactones) is 2. The van der Waals surface area contributed by atoms with Gasteiger partial charge >= 0.3 is 17.9 Å². The van der Waals surface area contributed by atoms with Crippen LogP contribution in [0.1, 0.15) is 35.8 Å². The predicted molar refractivity (Wildman–Crippen MR) is 71.3 cm³/mol. The van der Waals surface area contributed by atoms with E-state index in [2.05, 4.69) is 0 Å². The molecule has 22 heavy (non-hydrogen) atoms. The summed E-state index contributed by atoms with van der Waals surface area (Å²) < 4.78 is 4.81. The fourth-order valence-electron chi connectivity index (χ4n) is 3.85. The van der Waals surface area contributed by atoms with Gasteiger partial charge in [0.05, 0.1) is 24.4 Å². The van der Waals surface area contributed by atoms with Crippen LogP contribution >= 0.6 is 0 Å². The van der Waals surface area contributed by atoms with Crippen LogP contribution in [0.5, 0.6) is 0 Å². The van der Waals surface area contributed by atoms with Crippen LogP contribution in [0.15, 0.2) is 24.3 Å². The second kappa shape index (κ2) is 4.91. The zero-order chi connectivity index (χ0) is 15.3. The largest absolute Gasteiger partial charge is 0.392 e. The molecule has 1 aromatic rings. The highest BCUT2D eigenvalue weighted by atomic mass is 17.2. The molecule has 0 N–H and O–H groups in total. The van der Waals surface area contributed by atoms with E-state index >= 15 is 0 Å². The standard InChI is InChI=1S/C16H14O6/c17-14-12-7-11(10-5-6-20-22-15(10)18)8-3-1-2-4-9(8)13(12)16(19)21-14/h1-4,10-13H,5-7H2. The molecular formula is C16H14O6. The molecule has 1 aliphatic carbocycles. The second-order valence-corrected chi connectivity index (χ2v) is 5.91. The Kier molecular flexibility index (Phi) is 3.00. The molecule has 6 heteroatoms. The number of hydrogen-bond donors (Lipinski definition) is 0. The van der Waals surface area contributed by atoms with Crippen LogP contribution in [0.3, 0.4) is 0 Å². The molecule has 0 radical (unpaired) electrons. The van der Waals surface area contributed by atoms with Crippen LogP contribution in [0.4, 0.5) is 0 Å². The maximum atomic E-state index is 12.0. The Labute approximate surface area is 126 Å². The third kappa shape index (κ3) is 1.87. The lowest BCUT2D eigenvalue weighted by atomic mass is 9.67. The summed E-state index contributed by atoms with van der Waals surface area (Å²) in [7, 11) is 0. The maximum Gasteiger partial charge on any atom is 0.346 e. The number of benzene rings is 1. The first-order valence-electron chi connectivity index (χ1n) is 7.34. The van der Waals surface area contributed by atoms with Gasteiger partial charge in [-0.25, -0.2) is 4.79 Å². The molecule has 114 valence electrons. The van der Waals surface area contributed by atoms with Crippen molar-refractivity contribution in [3.8, 4) is 0 Å². The number of ether oxygens (including phenoxy) is 1. The van der Waals surface area contributed by atoms with Crippen molar-refractivity contribution in [3.05, 3.63) is 35.4 Å². The van der Waals surface area contributed by atoms with E-state index in [4.69, 9.17) is 14.5 Å². The van der Waals surface area contributed by atoms with Crippen molar-refractivity contribution in [1.82, 2.24) is 0 Å². The summed E-state index contributed by atoms with van der Waals surface area (Å²) in [6.07, 6.45) is 0.963. The highest BCUT2D eigenvalue weighted by Gasteiger charge is 2.52. The van der Waals surface area contributed by atoms with Crippen LogP contribution in [-0.2, 0) is 28.9 Å². The van der Waals surface area contributed by atoms with Crippen LogP contribution < -0.4 is 0 Å². The lowest BCUT2D eigenvalue weighted by molar-refractivity contribution is -0.293. The number of esters is 2. The van der Waals surface area contributed by atoms with Crippen LogP contribution in [-0.4, -0.2) is 24.5 Å². The van der Waals surface area contributed by atoms with Gasteiger partial charge in [0.2, 0.25) is 0 Å². The Morgan fingerprint density at radius 3 is 2.41 bits per heavy atom. The Balaban J connectivity index is 1.79. The number of hydrogen-bond acceptors (Lipinski definition) is 6. The molecule has 4 unspecified atom stereocenters. The lowest BCUT2D eigenvalue weighted by Gasteiger charge is -2.35. The number of carbonyl (C=O) groups is 3. The lowest BCUT2D eigenvalue weighted by Crippen LogP contribution is -2.36. The molecule has 4 atom stereocenters. The second-order valence-electron chi connectivity index (χ2n) is 5.91. The van der Waals surface area contributed by atoms with E-state index in [9.17, 15) is 14.4 Å². The molecule has 2 aliphatic heterocycles. The van der Waals surface area contributed by atoms with Gasteiger partial charge in [-0.2, -0.15) is 4.89 Å². The van der Waals surface area contributed by atoms with Crippen LogP contribution in [0.25, 0.3) is 0 Å². The van der Waals surface area contributed by atoms with E-state index in [0.29, 0.717) is 19.4 Å². The first kappa shape index (κ1) is 13.5. The predicted octanol–water partition coefficient (Wildman–Crippen LogP) is 1.45. The molecule has 1 aromatic carbocycles. The van der Waals surface area contributed by atoms with E-state index in [0.717, 1.165) is 11.1 Å².